The first-order valence-corrected chi connectivity index (χ1v) is 12.0. The number of benzene rings is 1. The van der Waals surface area contributed by atoms with Crippen LogP contribution in [-0.2, 0) is 14.4 Å². The van der Waals surface area contributed by atoms with Crippen molar-refractivity contribution in [2.45, 2.75) is 85.2 Å². The summed E-state index contributed by atoms with van der Waals surface area (Å²) in [7, 11) is 0. The van der Waals surface area contributed by atoms with Crippen molar-refractivity contribution in [3.63, 3.8) is 0 Å². The van der Waals surface area contributed by atoms with Gasteiger partial charge in [-0.05, 0) is 54.9 Å². The molecule has 1 saturated heterocycles. The highest BCUT2D eigenvalue weighted by molar-refractivity contribution is 6.23. The largest absolute Gasteiger partial charge is 0.494 e. The van der Waals surface area contributed by atoms with E-state index in [0.29, 0.717) is 18.0 Å². The van der Waals surface area contributed by atoms with E-state index in [1.807, 2.05) is 11.8 Å². The lowest BCUT2D eigenvalue weighted by Crippen LogP contribution is -2.52. The summed E-state index contributed by atoms with van der Waals surface area (Å²) in [5, 5.41) is 0. The van der Waals surface area contributed by atoms with Crippen molar-refractivity contribution in [1.82, 2.24) is 4.90 Å². The maximum atomic E-state index is 13.9. The topological polar surface area (TPSA) is 66.9 Å². The van der Waals surface area contributed by atoms with Crippen LogP contribution >= 0.6 is 0 Å². The number of ether oxygens (including phenoxy) is 1. The average Bonchev–Trinajstić information content (AvgIpc) is 2.99. The molecule has 2 aliphatic carbocycles. The molecule has 1 aliphatic heterocycles. The number of carbonyl (C=O) groups is 3. The molecule has 6 heteroatoms. The predicted octanol–water partition coefficient (Wildman–Crippen LogP) is 4.56. The van der Waals surface area contributed by atoms with Gasteiger partial charge < -0.3 is 9.64 Å². The normalized spacial score (nSPS) is 25.2. The van der Waals surface area contributed by atoms with E-state index in [-0.39, 0.29) is 46.9 Å². The third-order valence-electron chi connectivity index (χ3n) is 8.35. The lowest BCUT2D eigenvalue weighted by molar-refractivity contribution is -0.144. The number of anilines is 1. The van der Waals surface area contributed by atoms with Crippen molar-refractivity contribution in [2.24, 2.45) is 16.7 Å². The molecule has 3 amide bonds. The second-order valence-corrected chi connectivity index (χ2v) is 10.6. The van der Waals surface area contributed by atoms with Crippen LogP contribution in [0, 0.1) is 16.7 Å². The van der Waals surface area contributed by atoms with E-state index in [9.17, 15) is 14.4 Å². The van der Waals surface area contributed by atoms with Crippen LogP contribution in [0.1, 0.15) is 73.1 Å². The summed E-state index contributed by atoms with van der Waals surface area (Å²) in [4.78, 5) is 43.5. The minimum absolute atomic E-state index is 0.0329. The first kappa shape index (κ1) is 22.8. The van der Waals surface area contributed by atoms with Gasteiger partial charge in [0.2, 0.25) is 11.8 Å². The zero-order valence-electron chi connectivity index (χ0n) is 20.0. The molecule has 3 fully saturated rings. The third kappa shape index (κ3) is 3.61. The molecule has 0 aromatic heterocycles. The van der Waals surface area contributed by atoms with Crippen molar-refractivity contribution in [3.05, 3.63) is 24.3 Å². The molecule has 1 atom stereocenters. The van der Waals surface area contributed by atoms with Gasteiger partial charge in [0, 0.05) is 12.0 Å². The van der Waals surface area contributed by atoms with Gasteiger partial charge in [0.05, 0.1) is 18.7 Å². The maximum absolute atomic E-state index is 13.9. The molecule has 2 saturated carbocycles. The summed E-state index contributed by atoms with van der Waals surface area (Å²) in [6.45, 7) is 11.0. The Morgan fingerprint density at radius 3 is 2.16 bits per heavy atom. The van der Waals surface area contributed by atoms with Crippen LogP contribution in [0.15, 0.2) is 24.3 Å². The van der Waals surface area contributed by atoms with E-state index in [1.54, 1.807) is 24.3 Å². The molecule has 1 heterocycles. The summed E-state index contributed by atoms with van der Waals surface area (Å²) in [5.74, 6) is 0.0940. The highest BCUT2D eigenvalue weighted by Crippen LogP contribution is 2.69. The van der Waals surface area contributed by atoms with E-state index in [4.69, 9.17) is 4.74 Å². The van der Waals surface area contributed by atoms with Gasteiger partial charge in [-0.2, -0.15) is 0 Å². The molecule has 1 aromatic carbocycles. The summed E-state index contributed by atoms with van der Waals surface area (Å²) < 4.78 is 5.48. The first-order chi connectivity index (χ1) is 15.1. The van der Waals surface area contributed by atoms with Gasteiger partial charge in [-0.3, -0.25) is 14.4 Å². The van der Waals surface area contributed by atoms with Gasteiger partial charge in [-0.1, -0.05) is 47.0 Å². The molecule has 4 rings (SSSR count). The summed E-state index contributed by atoms with van der Waals surface area (Å²) in [5.41, 5.74) is 0.309. The van der Waals surface area contributed by atoms with E-state index in [1.165, 1.54) is 4.90 Å². The number of nitrogens with zero attached hydrogens (tertiary/aromatic N) is 2. The molecule has 6 nitrogen and oxygen atoms in total. The molecule has 1 unspecified atom stereocenters. The second kappa shape index (κ2) is 8.20. The molecular formula is C26H36N2O4. The van der Waals surface area contributed by atoms with Gasteiger partial charge in [-0.25, -0.2) is 4.90 Å². The fraction of sp³-hybridized carbons (Fsp3) is 0.654. The molecule has 0 spiro atoms. The SMILES string of the molecule is CCOc1ccc(N2C(=O)CC(N(C(=O)C3C(C)(C)C3(C)C)C3CCCCC3)C2=O)cc1. The Kier molecular flexibility index (Phi) is 5.84. The Bertz CT molecular complexity index is 885. The minimum atomic E-state index is -0.711. The molecule has 0 radical (unpaired) electrons. The second-order valence-electron chi connectivity index (χ2n) is 10.6. The number of carbonyl (C=O) groups excluding carboxylic acids is 3. The fourth-order valence-corrected chi connectivity index (χ4v) is 5.87. The highest BCUT2D eigenvalue weighted by atomic mass is 16.5. The monoisotopic (exact) mass is 440 g/mol. The Hall–Kier alpha value is -2.37. The summed E-state index contributed by atoms with van der Waals surface area (Å²) in [6, 6.07) is 6.34. The third-order valence-corrected chi connectivity index (χ3v) is 8.35. The minimum Gasteiger partial charge on any atom is -0.494 e. The van der Waals surface area contributed by atoms with E-state index in [2.05, 4.69) is 27.7 Å². The van der Waals surface area contributed by atoms with Crippen molar-refractivity contribution in [1.29, 1.82) is 0 Å². The van der Waals surface area contributed by atoms with Crippen LogP contribution in [0.4, 0.5) is 5.69 Å². The van der Waals surface area contributed by atoms with Crippen LogP contribution in [0.25, 0.3) is 0 Å². The van der Waals surface area contributed by atoms with Gasteiger partial charge in [0.15, 0.2) is 0 Å². The van der Waals surface area contributed by atoms with Crippen LogP contribution < -0.4 is 9.64 Å². The molecule has 0 bridgehead atoms. The standard InChI is InChI=1S/C26H36N2O4/c1-6-32-19-14-12-18(13-15-19)28-21(29)16-20(23(28)30)27(17-10-8-7-9-11-17)24(31)22-25(2,3)26(22,4)5/h12-15,17,20,22H,6-11,16H2,1-5H3. The number of rotatable bonds is 6. The van der Waals surface area contributed by atoms with E-state index < -0.39 is 6.04 Å². The van der Waals surface area contributed by atoms with Crippen LogP contribution in [-0.4, -0.2) is 41.3 Å². The highest BCUT2D eigenvalue weighted by Gasteiger charge is 2.69. The molecule has 32 heavy (non-hydrogen) atoms. The smallest absolute Gasteiger partial charge is 0.257 e. The Labute approximate surface area is 191 Å². The van der Waals surface area contributed by atoms with Gasteiger partial charge in [-0.15, -0.1) is 0 Å². The average molecular weight is 441 g/mol. The lowest BCUT2D eigenvalue weighted by Gasteiger charge is -2.38. The molecule has 174 valence electrons. The maximum Gasteiger partial charge on any atom is 0.257 e. The summed E-state index contributed by atoms with van der Waals surface area (Å²) in [6.07, 6.45) is 5.14. The predicted molar refractivity (Wildman–Crippen MR) is 123 cm³/mol. The van der Waals surface area contributed by atoms with Crippen LogP contribution in [0.5, 0.6) is 5.75 Å². The molecule has 1 aromatic rings. The zero-order chi connectivity index (χ0) is 23.3. The molecule has 3 aliphatic rings. The Morgan fingerprint density at radius 2 is 1.62 bits per heavy atom. The lowest BCUT2D eigenvalue weighted by atomic mass is 9.92. The van der Waals surface area contributed by atoms with Gasteiger partial charge in [0.1, 0.15) is 11.8 Å². The molecular weight excluding hydrogens is 404 g/mol. The van der Waals surface area contributed by atoms with Gasteiger partial charge in [0.25, 0.3) is 5.91 Å². The van der Waals surface area contributed by atoms with Crippen molar-refractivity contribution in [3.8, 4) is 5.75 Å². The zero-order valence-corrected chi connectivity index (χ0v) is 20.0. The van der Waals surface area contributed by atoms with Crippen LogP contribution in [0.2, 0.25) is 0 Å². The quantitative estimate of drug-likeness (QED) is 0.608. The number of hydrogen-bond acceptors (Lipinski definition) is 4. The van der Waals surface area contributed by atoms with Crippen LogP contribution in [0.3, 0.4) is 0 Å². The Balaban J connectivity index is 1.62. The van der Waals surface area contributed by atoms with E-state index >= 15 is 0 Å². The number of hydrogen-bond donors (Lipinski definition) is 0. The van der Waals surface area contributed by atoms with Crippen molar-refractivity contribution in [2.75, 3.05) is 11.5 Å². The van der Waals surface area contributed by atoms with Gasteiger partial charge >= 0.3 is 0 Å². The number of imide groups is 1. The summed E-state index contributed by atoms with van der Waals surface area (Å²) >= 11 is 0. The van der Waals surface area contributed by atoms with Crippen molar-refractivity contribution >= 4 is 23.4 Å². The number of amides is 3. The fourth-order valence-electron chi connectivity index (χ4n) is 5.87. The van der Waals surface area contributed by atoms with Crippen molar-refractivity contribution < 1.29 is 19.1 Å². The van der Waals surface area contributed by atoms with E-state index in [0.717, 1.165) is 32.1 Å². The Morgan fingerprint density at radius 1 is 1.03 bits per heavy atom. The molecule has 0 N–H and O–H groups in total. The first-order valence-electron chi connectivity index (χ1n) is 12.0.